The average molecular weight is 307 g/mol. The molecule has 8 nitrogen and oxygen atoms in total. The van der Waals surface area contributed by atoms with E-state index in [1.807, 2.05) is 25.1 Å². The van der Waals surface area contributed by atoms with Crippen LogP contribution in [0.25, 0.3) is 22.1 Å². The topological polar surface area (TPSA) is 112 Å². The molecule has 4 rings (SSSR count). The summed E-state index contributed by atoms with van der Waals surface area (Å²) in [6.07, 6.45) is 3.00. The molecule has 114 valence electrons. The smallest absolute Gasteiger partial charge is 0.258 e. The summed E-state index contributed by atoms with van der Waals surface area (Å²) in [6.45, 7) is 1.90. The van der Waals surface area contributed by atoms with Crippen molar-refractivity contribution >= 4 is 27.9 Å². The van der Waals surface area contributed by atoms with E-state index in [0.29, 0.717) is 33.7 Å². The molecule has 8 heteroatoms. The molecule has 3 heterocycles. The van der Waals surface area contributed by atoms with Crippen molar-refractivity contribution in [3.8, 4) is 0 Å². The lowest BCUT2D eigenvalue weighted by molar-refractivity contribution is 0.786. The first kappa shape index (κ1) is 13.4. The van der Waals surface area contributed by atoms with Crippen molar-refractivity contribution in [1.82, 2.24) is 29.9 Å². The normalized spacial score (nSPS) is 12.6. The van der Waals surface area contributed by atoms with Gasteiger partial charge in [-0.2, -0.15) is 0 Å². The van der Waals surface area contributed by atoms with Gasteiger partial charge in [-0.3, -0.25) is 4.79 Å². The summed E-state index contributed by atoms with van der Waals surface area (Å²) in [4.78, 5) is 34.9. The first-order valence-electron chi connectivity index (χ1n) is 7.12. The predicted molar refractivity (Wildman–Crippen MR) is 86.1 cm³/mol. The van der Waals surface area contributed by atoms with Crippen LogP contribution in [-0.4, -0.2) is 29.9 Å². The van der Waals surface area contributed by atoms with E-state index in [4.69, 9.17) is 0 Å². The largest absolute Gasteiger partial charge is 0.359 e. The first-order chi connectivity index (χ1) is 11.2. The van der Waals surface area contributed by atoms with Crippen LogP contribution in [0.5, 0.6) is 0 Å². The van der Waals surface area contributed by atoms with Gasteiger partial charge in [-0.05, 0) is 19.1 Å². The molecule has 0 bridgehead atoms. The molecule has 0 aliphatic rings. The maximum Gasteiger partial charge on any atom is 0.258 e. The van der Waals surface area contributed by atoms with Crippen molar-refractivity contribution < 1.29 is 0 Å². The highest BCUT2D eigenvalue weighted by atomic mass is 16.1. The quantitative estimate of drug-likeness (QED) is 0.531. The van der Waals surface area contributed by atoms with Crippen LogP contribution >= 0.6 is 0 Å². The van der Waals surface area contributed by atoms with Gasteiger partial charge in [0.1, 0.15) is 17.7 Å². The van der Waals surface area contributed by atoms with Gasteiger partial charge in [-0.1, -0.05) is 12.1 Å². The number of hydrogen-bond acceptors (Lipinski definition) is 6. The molecule has 0 aliphatic carbocycles. The molecule has 0 saturated carbocycles. The van der Waals surface area contributed by atoms with Gasteiger partial charge >= 0.3 is 0 Å². The zero-order chi connectivity index (χ0) is 15.8. The minimum absolute atomic E-state index is 0.159. The number of fused-ring (bicyclic) bond motifs is 2. The second-order valence-corrected chi connectivity index (χ2v) is 5.16. The van der Waals surface area contributed by atoms with Crippen LogP contribution in [-0.2, 0) is 0 Å². The monoisotopic (exact) mass is 307 g/mol. The Hall–Kier alpha value is -3.29. The first-order valence-corrected chi connectivity index (χ1v) is 7.12. The Morgan fingerprint density at radius 1 is 1.17 bits per heavy atom. The summed E-state index contributed by atoms with van der Waals surface area (Å²) in [7, 11) is 0. The third-order valence-corrected chi connectivity index (χ3v) is 3.62. The molecular formula is C15H13N7O. The Balaban J connectivity index is 1.73. The molecule has 0 amide bonds. The maximum absolute atomic E-state index is 12.2. The number of aromatic amines is 2. The predicted octanol–water partition coefficient (Wildman–Crippen LogP) is 1.76. The van der Waals surface area contributed by atoms with E-state index in [2.05, 4.69) is 35.2 Å². The molecule has 3 N–H and O–H groups in total. The number of rotatable bonds is 3. The van der Waals surface area contributed by atoms with Crippen LogP contribution in [0.2, 0.25) is 0 Å². The minimum atomic E-state index is -0.242. The number of benzene rings is 1. The van der Waals surface area contributed by atoms with Crippen LogP contribution in [0.1, 0.15) is 18.8 Å². The van der Waals surface area contributed by atoms with Gasteiger partial charge in [0.25, 0.3) is 5.56 Å². The Bertz CT molecular complexity index is 1050. The van der Waals surface area contributed by atoms with Gasteiger partial charge in [-0.15, -0.1) is 0 Å². The van der Waals surface area contributed by atoms with Crippen molar-refractivity contribution in [2.75, 3.05) is 5.32 Å². The number of nitrogens with zero attached hydrogens (tertiary/aromatic N) is 4. The zero-order valence-electron chi connectivity index (χ0n) is 12.2. The van der Waals surface area contributed by atoms with Crippen LogP contribution in [0, 0.1) is 0 Å². The zero-order valence-corrected chi connectivity index (χ0v) is 12.2. The molecule has 0 radical (unpaired) electrons. The van der Waals surface area contributed by atoms with Crippen molar-refractivity contribution in [3.05, 3.63) is 53.1 Å². The summed E-state index contributed by atoms with van der Waals surface area (Å²) in [5.74, 6) is 1.15. The lowest BCUT2D eigenvalue weighted by atomic mass is 10.2. The summed E-state index contributed by atoms with van der Waals surface area (Å²) >= 11 is 0. The van der Waals surface area contributed by atoms with Crippen molar-refractivity contribution in [2.45, 2.75) is 13.0 Å². The average Bonchev–Trinajstić information content (AvgIpc) is 3.04. The highest BCUT2D eigenvalue weighted by molar-refractivity contribution is 5.82. The van der Waals surface area contributed by atoms with Crippen LogP contribution < -0.4 is 10.9 Å². The van der Waals surface area contributed by atoms with Crippen molar-refractivity contribution in [3.63, 3.8) is 0 Å². The lowest BCUT2D eigenvalue weighted by Crippen LogP contribution is -2.18. The Kier molecular flexibility index (Phi) is 3.00. The number of hydrogen-bond donors (Lipinski definition) is 3. The molecule has 1 atom stereocenters. The van der Waals surface area contributed by atoms with Crippen LogP contribution in [0.4, 0.5) is 5.82 Å². The van der Waals surface area contributed by atoms with E-state index >= 15 is 0 Å². The summed E-state index contributed by atoms with van der Waals surface area (Å²) in [5.41, 5.74) is 1.79. The minimum Gasteiger partial charge on any atom is -0.359 e. The fourth-order valence-corrected chi connectivity index (χ4v) is 2.46. The molecule has 1 unspecified atom stereocenters. The van der Waals surface area contributed by atoms with Crippen LogP contribution in [0.15, 0.2) is 41.7 Å². The fraction of sp³-hybridized carbons (Fsp3) is 0.133. The highest BCUT2D eigenvalue weighted by Gasteiger charge is 2.13. The molecule has 23 heavy (non-hydrogen) atoms. The Morgan fingerprint density at radius 2 is 2.04 bits per heavy atom. The molecule has 0 aliphatic heterocycles. The second kappa shape index (κ2) is 5.16. The van der Waals surface area contributed by atoms with Gasteiger partial charge in [0.15, 0.2) is 11.5 Å². The SMILES string of the molecule is CC(Nc1ncnc2nc[nH]c12)c1nc2ccccc2c(=O)[nH]1. The summed E-state index contributed by atoms with van der Waals surface area (Å²) < 4.78 is 0. The number of aromatic nitrogens is 6. The van der Waals surface area contributed by atoms with Gasteiger partial charge in [0, 0.05) is 0 Å². The molecule has 0 saturated heterocycles. The third kappa shape index (κ3) is 2.30. The summed E-state index contributed by atoms with van der Waals surface area (Å²) in [6, 6.07) is 7.00. The molecule has 3 aromatic heterocycles. The van der Waals surface area contributed by atoms with E-state index in [-0.39, 0.29) is 11.6 Å². The van der Waals surface area contributed by atoms with Gasteiger partial charge < -0.3 is 15.3 Å². The number of para-hydroxylation sites is 1. The molecule has 4 aromatic rings. The van der Waals surface area contributed by atoms with Gasteiger partial charge in [0.2, 0.25) is 0 Å². The second-order valence-electron chi connectivity index (χ2n) is 5.16. The third-order valence-electron chi connectivity index (χ3n) is 3.62. The van der Waals surface area contributed by atoms with Crippen molar-refractivity contribution in [2.24, 2.45) is 0 Å². The van der Waals surface area contributed by atoms with Gasteiger partial charge in [0.05, 0.1) is 23.3 Å². The number of imidazole rings is 1. The molecule has 1 aromatic carbocycles. The van der Waals surface area contributed by atoms with E-state index in [1.54, 1.807) is 12.4 Å². The summed E-state index contributed by atoms with van der Waals surface area (Å²) in [5, 5.41) is 3.79. The van der Waals surface area contributed by atoms with E-state index in [9.17, 15) is 4.79 Å². The van der Waals surface area contributed by atoms with Crippen LogP contribution in [0.3, 0.4) is 0 Å². The Labute approximate surface area is 130 Å². The lowest BCUT2D eigenvalue weighted by Gasteiger charge is -2.14. The Morgan fingerprint density at radius 3 is 2.96 bits per heavy atom. The van der Waals surface area contributed by atoms with E-state index in [0.717, 1.165) is 0 Å². The number of H-pyrrole nitrogens is 2. The van der Waals surface area contributed by atoms with Crippen molar-refractivity contribution in [1.29, 1.82) is 0 Å². The maximum atomic E-state index is 12.2. The van der Waals surface area contributed by atoms with E-state index in [1.165, 1.54) is 6.33 Å². The molecule has 0 spiro atoms. The van der Waals surface area contributed by atoms with Gasteiger partial charge in [-0.25, -0.2) is 19.9 Å². The standard InChI is InChI=1S/C15H13N7O/c1-8(20-14-11-13(17-6-16-11)18-7-19-14)12-21-10-5-3-2-4-9(10)15(23)22-12/h2-8H,1H3,(H,21,22,23)(H2,16,17,18,19,20). The highest BCUT2D eigenvalue weighted by Crippen LogP contribution is 2.20. The number of nitrogens with one attached hydrogen (secondary N) is 3. The molecule has 0 fully saturated rings. The number of anilines is 1. The van der Waals surface area contributed by atoms with E-state index < -0.39 is 0 Å². The molecular weight excluding hydrogens is 294 g/mol. The fourth-order valence-electron chi connectivity index (χ4n) is 2.46.